The van der Waals surface area contributed by atoms with Crippen molar-refractivity contribution in [2.24, 2.45) is 0 Å². The van der Waals surface area contributed by atoms with E-state index in [1.165, 1.54) is 30.2 Å². The fourth-order valence-corrected chi connectivity index (χ4v) is 4.50. The maximum atomic E-state index is 13.4. The van der Waals surface area contributed by atoms with Crippen LogP contribution in [0, 0.1) is 13.8 Å². The van der Waals surface area contributed by atoms with Gasteiger partial charge in [0.25, 0.3) is 0 Å². The Bertz CT molecular complexity index is 972. The van der Waals surface area contributed by atoms with Crippen molar-refractivity contribution < 1.29 is 4.79 Å². The number of ketones is 1. The van der Waals surface area contributed by atoms with Crippen molar-refractivity contribution >= 4 is 17.5 Å². The van der Waals surface area contributed by atoms with Gasteiger partial charge >= 0.3 is 0 Å². The third kappa shape index (κ3) is 3.90. The van der Waals surface area contributed by atoms with Crippen molar-refractivity contribution in [2.75, 3.05) is 0 Å². The SMILES string of the molecule is CCn1c(S[C@H](C(=O)c2ccc(C)cc2)c2ccc(C)cc2)nnc1C1CC1. The van der Waals surface area contributed by atoms with E-state index in [-0.39, 0.29) is 11.0 Å². The summed E-state index contributed by atoms with van der Waals surface area (Å²) in [5.74, 6) is 1.70. The third-order valence-corrected chi connectivity index (χ3v) is 6.42. The number of carbonyl (C=O) groups is 1. The molecule has 4 rings (SSSR count). The van der Waals surface area contributed by atoms with E-state index in [4.69, 9.17) is 0 Å². The first kappa shape index (κ1) is 18.9. The number of aryl methyl sites for hydroxylation is 2. The number of hydrogen-bond acceptors (Lipinski definition) is 4. The molecule has 0 aliphatic heterocycles. The van der Waals surface area contributed by atoms with Crippen LogP contribution in [-0.4, -0.2) is 20.5 Å². The molecule has 144 valence electrons. The zero-order chi connectivity index (χ0) is 19.7. The lowest BCUT2D eigenvalue weighted by atomic mass is 10.0. The molecule has 2 aromatic carbocycles. The molecule has 0 radical (unpaired) electrons. The van der Waals surface area contributed by atoms with Crippen molar-refractivity contribution in [3.63, 3.8) is 0 Å². The first-order valence-corrected chi connectivity index (χ1v) is 10.7. The van der Waals surface area contributed by atoms with Crippen LogP contribution in [0.2, 0.25) is 0 Å². The summed E-state index contributed by atoms with van der Waals surface area (Å²) in [6, 6.07) is 16.0. The molecule has 5 heteroatoms. The third-order valence-electron chi connectivity index (χ3n) is 5.18. The number of aromatic nitrogens is 3. The molecule has 0 saturated heterocycles. The molecule has 0 amide bonds. The van der Waals surface area contributed by atoms with Gasteiger partial charge in [-0.2, -0.15) is 0 Å². The Balaban J connectivity index is 1.70. The van der Waals surface area contributed by atoms with E-state index in [0.717, 1.165) is 34.2 Å². The molecule has 1 heterocycles. The van der Waals surface area contributed by atoms with Crippen LogP contribution in [0.15, 0.2) is 53.7 Å². The second-order valence-electron chi connectivity index (χ2n) is 7.50. The van der Waals surface area contributed by atoms with Gasteiger partial charge in [-0.25, -0.2) is 0 Å². The van der Waals surface area contributed by atoms with Crippen LogP contribution in [-0.2, 0) is 6.54 Å². The number of rotatable bonds is 7. The number of thioether (sulfide) groups is 1. The van der Waals surface area contributed by atoms with Crippen molar-refractivity contribution in [1.82, 2.24) is 14.8 Å². The van der Waals surface area contributed by atoms with Gasteiger partial charge in [-0.3, -0.25) is 4.79 Å². The Morgan fingerprint density at radius 2 is 1.64 bits per heavy atom. The molecule has 1 aliphatic rings. The standard InChI is InChI=1S/C23H25N3OS/c1-4-26-22(19-13-14-19)24-25-23(26)28-21(18-11-7-16(3)8-12-18)20(27)17-9-5-15(2)6-10-17/h5-12,19,21H,4,13-14H2,1-3H3/t21-/m0/s1. The van der Waals surface area contributed by atoms with Gasteiger partial charge in [0.15, 0.2) is 10.9 Å². The quantitative estimate of drug-likeness (QED) is 0.394. The van der Waals surface area contributed by atoms with Crippen molar-refractivity contribution in [2.45, 2.75) is 56.5 Å². The minimum absolute atomic E-state index is 0.104. The lowest BCUT2D eigenvalue weighted by Gasteiger charge is -2.17. The van der Waals surface area contributed by atoms with E-state index < -0.39 is 0 Å². The molecular weight excluding hydrogens is 366 g/mol. The monoisotopic (exact) mass is 391 g/mol. The van der Waals surface area contributed by atoms with Gasteiger partial charge < -0.3 is 4.57 Å². The summed E-state index contributed by atoms with van der Waals surface area (Å²) in [4.78, 5) is 13.4. The average Bonchev–Trinajstić information content (AvgIpc) is 3.47. The fourth-order valence-electron chi connectivity index (χ4n) is 3.32. The van der Waals surface area contributed by atoms with E-state index in [0.29, 0.717) is 5.92 Å². The Morgan fingerprint density at radius 3 is 2.21 bits per heavy atom. The second kappa shape index (κ2) is 7.92. The summed E-state index contributed by atoms with van der Waals surface area (Å²) in [5.41, 5.74) is 4.06. The molecule has 1 saturated carbocycles. The number of carbonyl (C=O) groups excluding carboxylic acids is 1. The first-order chi connectivity index (χ1) is 13.6. The van der Waals surface area contributed by atoms with Gasteiger partial charge in [0.05, 0.1) is 0 Å². The van der Waals surface area contributed by atoms with Gasteiger partial charge in [0.2, 0.25) is 0 Å². The highest BCUT2D eigenvalue weighted by Gasteiger charge is 2.32. The summed E-state index contributed by atoms with van der Waals surface area (Å²) >= 11 is 1.51. The molecule has 4 nitrogen and oxygen atoms in total. The Hall–Kier alpha value is -2.40. The minimum atomic E-state index is -0.343. The lowest BCUT2D eigenvalue weighted by Crippen LogP contribution is -2.12. The van der Waals surface area contributed by atoms with Gasteiger partial charge in [0.1, 0.15) is 11.1 Å². The van der Waals surface area contributed by atoms with E-state index in [9.17, 15) is 4.79 Å². The van der Waals surface area contributed by atoms with Crippen molar-refractivity contribution in [3.8, 4) is 0 Å². The fraction of sp³-hybridized carbons (Fsp3) is 0.348. The molecule has 1 atom stereocenters. The normalized spacial score (nSPS) is 14.8. The predicted molar refractivity (Wildman–Crippen MR) is 113 cm³/mol. The van der Waals surface area contributed by atoms with Crippen LogP contribution >= 0.6 is 11.8 Å². The molecule has 0 unspecified atom stereocenters. The number of Topliss-reactive ketones (excluding diaryl/α,β-unsaturated/α-hetero) is 1. The van der Waals surface area contributed by atoms with Crippen molar-refractivity contribution in [3.05, 3.63) is 76.6 Å². The highest BCUT2D eigenvalue weighted by Crippen LogP contribution is 2.42. The number of nitrogens with zero attached hydrogens (tertiary/aromatic N) is 3. The number of benzene rings is 2. The largest absolute Gasteiger partial charge is 0.306 e. The molecule has 0 spiro atoms. The van der Waals surface area contributed by atoms with Crippen LogP contribution in [0.5, 0.6) is 0 Å². The maximum Gasteiger partial charge on any atom is 0.192 e. The molecule has 3 aromatic rings. The van der Waals surface area contributed by atoms with Crippen LogP contribution in [0.1, 0.15) is 63.8 Å². The molecule has 0 N–H and O–H groups in total. The average molecular weight is 392 g/mol. The van der Waals surface area contributed by atoms with Crippen LogP contribution in [0.3, 0.4) is 0 Å². The van der Waals surface area contributed by atoms with Gasteiger partial charge in [-0.1, -0.05) is 71.4 Å². The van der Waals surface area contributed by atoms with Gasteiger partial charge in [-0.15, -0.1) is 10.2 Å². The Kier molecular flexibility index (Phi) is 5.36. The zero-order valence-electron chi connectivity index (χ0n) is 16.6. The van der Waals surface area contributed by atoms with E-state index in [1.807, 2.05) is 43.3 Å². The summed E-state index contributed by atoms with van der Waals surface area (Å²) < 4.78 is 2.17. The molecule has 0 bridgehead atoms. The second-order valence-corrected chi connectivity index (χ2v) is 8.57. The summed E-state index contributed by atoms with van der Waals surface area (Å²) in [6.07, 6.45) is 2.37. The van der Waals surface area contributed by atoms with Gasteiger partial charge in [0, 0.05) is 18.0 Å². The Morgan fingerprint density at radius 1 is 1.04 bits per heavy atom. The molecule has 28 heavy (non-hydrogen) atoms. The molecule has 1 aliphatic carbocycles. The maximum absolute atomic E-state index is 13.4. The zero-order valence-corrected chi connectivity index (χ0v) is 17.4. The summed E-state index contributed by atoms with van der Waals surface area (Å²) in [6.45, 7) is 7.02. The van der Waals surface area contributed by atoms with E-state index in [2.05, 4.69) is 40.7 Å². The highest BCUT2D eigenvalue weighted by atomic mass is 32.2. The number of hydrogen-bond donors (Lipinski definition) is 0. The van der Waals surface area contributed by atoms with Crippen LogP contribution in [0.25, 0.3) is 0 Å². The van der Waals surface area contributed by atoms with E-state index in [1.54, 1.807) is 0 Å². The molecule has 1 aromatic heterocycles. The summed E-state index contributed by atoms with van der Waals surface area (Å²) in [5, 5.41) is 9.37. The first-order valence-electron chi connectivity index (χ1n) is 9.84. The van der Waals surface area contributed by atoms with Crippen LogP contribution < -0.4 is 0 Å². The molecule has 1 fully saturated rings. The minimum Gasteiger partial charge on any atom is -0.306 e. The Labute approximate surface area is 170 Å². The van der Waals surface area contributed by atoms with Gasteiger partial charge in [-0.05, 0) is 39.2 Å². The van der Waals surface area contributed by atoms with Crippen LogP contribution in [0.4, 0.5) is 0 Å². The van der Waals surface area contributed by atoms with Crippen molar-refractivity contribution in [1.29, 1.82) is 0 Å². The molecular formula is C23H25N3OS. The van der Waals surface area contributed by atoms with E-state index >= 15 is 0 Å². The highest BCUT2D eigenvalue weighted by molar-refractivity contribution is 8.00. The topological polar surface area (TPSA) is 47.8 Å². The predicted octanol–water partition coefficient (Wildman–Crippen LogP) is 5.51. The smallest absolute Gasteiger partial charge is 0.192 e. The lowest BCUT2D eigenvalue weighted by molar-refractivity contribution is 0.0989. The summed E-state index contributed by atoms with van der Waals surface area (Å²) in [7, 11) is 0.